The van der Waals surface area contributed by atoms with Crippen molar-refractivity contribution < 1.29 is 8.78 Å². The third-order valence-corrected chi connectivity index (χ3v) is 25.1. The molecule has 0 saturated heterocycles. The maximum atomic E-state index is 19.2. The summed E-state index contributed by atoms with van der Waals surface area (Å²) in [5.41, 5.74) is 11.5. The van der Waals surface area contributed by atoms with Gasteiger partial charge in [0.05, 0.1) is 55.0 Å². The highest BCUT2D eigenvalue weighted by atomic mass is 28.3. The molecule has 0 aliphatic carbocycles. The summed E-state index contributed by atoms with van der Waals surface area (Å²) in [5, 5.41) is 11.3. The predicted octanol–water partition coefficient (Wildman–Crippen LogP) is 20.7. The molecule has 0 spiro atoms. The van der Waals surface area contributed by atoms with Crippen molar-refractivity contribution in [2.75, 3.05) is 9.80 Å². The van der Waals surface area contributed by atoms with Crippen LogP contribution in [-0.4, -0.2) is 32.3 Å². The number of para-hydroxylation sites is 2. The zero-order valence-corrected chi connectivity index (χ0v) is 54.6. The van der Waals surface area contributed by atoms with Gasteiger partial charge in [-0.2, -0.15) is 0 Å². The topological polar surface area (TPSA) is 6.48 Å². The first-order valence-corrected chi connectivity index (χ1v) is 43.6. The van der Waals surface area contributed by atoms with Crippen LogP contribution in [0.15, 0.2) is 231 Å². The lowest BCUT2D eigenvalue weighted by molar-refractivity contribution is 0.632. The lowest BCUT2D eigenvalue weighted by atomic mass is 9.90. The second-order valence-corrected chi connectivity index (χ2v) is 46.9. The Morgan fingerprint density at radius 3 is 0.857 bits per heavy atom. The Bertz CT molecular complexity index is 4170. The van der Waals surface area contributed by atoms with Crippen molar-refractivity contribution in [2.45, 2.75) is 78.6 Å². The summed E-state index contributed by atoms with van der Waals surface area (Å²) in [6.45, 7) is 28.3. The van der Waals surface area contributed by atoms with Gasteiger partial charge in [0, 0.05) is 33.3 Å². The van der Waals surface area contributed by atoms with E-state index in [4.69, 9.17) is 0 Å². The van der Waals surface area contributed by atoms with Crippen molar-refractivity contribution in [3.63, 3.8) is 0 Å². The summed E-state index contributed by atoms with van der Waals surface area (Å²) < 4.78 is 38.4. The summed E-state index contributed by atoms with van der Waals surface area (Å²) in [6, 6.07) is 80.7. The minimum Gasteiger partial charge on any atom is -0.307 e. The smallest absolute Gasteiger partial charge is 0.155 e. The molecule has 0 bridgehead atoms. The van der Waals surface area contributed by atoms with Gasteiger partial charge >= 0.3 is 0 Å². The van der Waals surface area contributed by atoms with Crippen LogP contribution in [0.5, 0.6) is 0 Å². The molecule has 0 N–H and O–H groups in total. The molecule has 2 nitrogen and oxygen atoms in total. The van der Waals surface area contributed by atoms with E-state index in [9.17, 15) is 0 Å². The van der Waals surface area contributed by atoms with Gasteiger partial charge < -0.3 is 9.80 Å². The quantitative estimate of drug-likeness (QED) is 0.0791. The molecule has 0 aliphatic heterocycles. The van der Waals surface area contributed by atoms with Crippen LogP contribution < -0.4 is 30.5 Å². The maximum absolute atomic E-state index is 19.2. The molecule has 0 radical (unpaired) electrons. The number of halogens is 2. The second kappa shape index (κ2) is 21.6. The largest absolute Gasteiger partial charge is 0.307 e. The second-order valence-electron chi connectivity index (χ2n) is 26.8. The van der Waals surface area contributed by atoms with E-state index >= 15 is 8.78 Å². The van der Waals surface area contributed by atoms with Crippen molar-refractivity contribution in [3.8, 4) is 44.5 Å². The molecule has 12 aromatic rings. The Kier molecular flexibility index (Phi) is 14.5. The minimum absolute atomic E-state index is 0.261. The monoisotopic (exact) mass is 1160 g/mol. The highest BCUT2D eigenvalue weighted by Crippen LogP contribution is 2.51. The maximum Gasteiger partial charge on any atom is 0.155 e. The van der Waals surface area contributed by atoms with Crippen LogP contribution in [0.1, 0.15) is 0 Å². The van der Waals surface area contributed by atoms with Gasteiger partial charge in [0.15, 0.2) is 11.6 Å². The van der Waals surface area contributed by atoms with Crippen molar-refractivity contribution in [1.29, 1.82) is 0 Å². The van der Waals surface area contributed by atoms with E-state index in [0.717, 1.165) is 88.4 Å². The van der Waals surface area contributed by atoms with E-state index in [1.54, 1.807) is 0 Å². The van der Waals surface area contributed by atoms with E-state index in [2.05, 4.69) is 270 Å². The Labute approximate surface area is 500 Å². The van der Waals surface area contributed by atoms with Crippen LogP contribution in [0.4, 0.5) is 42.9 Å². The zero-order valence-electron chi connectivity index (χ0n) is 50.6. The highest BCUT2D eigenvalue weighted by molar-refractivity contribution is 6.91. The third kappa shape index (κ3) is 10.1. The molecule has 0 aromatic heterocycles. The van der Waals surface area contributed by atoms with Gasteiger partial charge in [0.2, 0.25) is 0 Å². The van der Waals surface area contributed by atoms with Crippen molar-refractivity contribution in [1.82, 2.24) is 0 Å². The molecule has 0 heterocycles. The molecule has 12 rings (SSSR count). The van der Waals surface area contributed by atoms with Gasteiger partial charge in [-0.15, -0.1) is 0 Å². The fourth-order valence-corrected chi connectivity index (χ4v) is 19.5. The van der Waals surface area contributed by atoms with Crippen molar-refractivity contribution in [3.05, 3.63) is 242 Å². The van der Waals surface area contributed by atoms with Crippen LogP contribution in [0.3, 0.4) is 0 Å². The Hall–Kier alpha value is -7.99. The van der Waals surface area contributed by atoms with Crippen LogP contribution in [0.2, 0.25) is 78.6 Å². The molecule has 8 heteroatoms. The van der Waals surface area contributed by atoms with Gasteiger partial charge in [0.1, 0.15) is 0 Å². The predicted molar refractivity (Wildman–Crippen MR) is 373 cm³/mol. The average Bonchev–Trinajstić information content (AvgIpc) is 0.898. The van der Waals surface area contributed by atoms with Crippen molar-refractivity contribution >= 4 is 119 Å². The third-order valence-electron chi connectivity index (χ3n) is 16.9. The molecule has 0 saturated carbocycles. The lowest BCUT2D eigenvalue weighted by Gasteiger charge is -2.31. The zero-order chi connectivity index (χ0) is 59.0. The van der Waals surface area contributed by atoms with Crippen LogP contribution in [0, 0.1) is 11.6 Å². The van der Waals surface area contributed by atoms with Crippen molar-refractivity contribution in [2.24, 2.45) is 0 Å². The fraction of sp³-hybridized carbons (Fsp3) is 0.158. The molecule has 0 atom stereocenters. The fourth-order valence-electron chi connectivity index (χ4n) is 13.0. The SMILES string of the molecule is C[Si](C)(C)c1ccccc1-c1ccc(N(c2ccccc2)c2ccc3ccc4c(N(c5ccccc5)c5ccc(-c6ccccc6[Si](C)(C)C)c(-c6ccccc6[Si](C)(C)C)c5F)ccc5ccc2c3c54)c(F)c1-c1ccccc1[Si](C)(C)C. The van der Waals surface area contributed by atoms with E-state index in [0.29, 0.717) is 22.5 Å². The van der Waals surface area contributed by atoms with E-state index in [1.165, 1.54) is 20.7 Å². The summed E-state index contributed by atoms with van der Waals surface area (Å²) in [7, 11) is -7.82. The lowest BCUT2D eigenvalue weighted by Crippen LogP contribution is -2.40. The number of hydrogen-bond acceptors (Lipinski definition) is 2. The molecule has 0 fully saturated rings. The number of hydrogen-bond donors (Lipinski definition) is 0. The number of anilines is 6. The normalized spacial score (nSPS) is 12.4. The number of benzene rings is 12. The summed E-state index contributed by atoms with van der Waals surface area (Å²) in [4.78, 5) is 4.26. The standard InChI is InChI=1S/C76H74F2N2Si4/c1-81(2,3)67-35-23-19-31-55(67)57-45-49-65(75(77)73(57)61-33-21-25-37-69(61)83(7,8)9)79(53-27-15-13-16-28-53)63-47-41-51-40-44-60-64(48-42-52-39-43-59(63)71(51)72(52)60)80(54-29-17-14-18-30-54)66-50-46-58(56-32-20-24-36-68(56)82(4,5)6)74(76(66)78)62-34-22-26-38-70(62)84(10,11)12/h13-50H,1-12H3. The van der Waals surface area contributed by atoms with Crippen LogP contribution in [-0.2, 0) is 0 Å². The van der Waals surface area contributed by atoms with Gasteiger partial charge in [0.25, 0.3) is 0 Å². The summed E-state index contributed by atoms with van der Waals surface area (Å²) in [6.07, 6.45) is 0. The molecule has 0 aliphatic rings. The average molecular weight is 1170 g/mol. The van der Waals surface area contributed by atoms with Gasteiger partial charge in [-0.3, -0.25) is 0 Å². The van der Waals surface area contributed by atoms with Crippen LogP contribution in [0.25, 0.3) is 76.8 Å². The molecule has 418 valence electrons. The molecule has 12 aromatic carbocycles. The van der Waals surface area contributed by atoms with Gasteiger partial charge in [-0.05, 0) is 103 Å². The molecular weight excluding hydrogens is 1090 g/mol. The van der Waals surface area contributed by atoms with Crippen LogP contribution >= 0.6 is 0 Å². The number of nitrogens with zero attached hydrogens (tertiary/aromatic N) is 2. The Morgan fingerprint density at radius 1 is 0.250 bits per heavy atom. The summed E-state index contributed by atoms with van der Waals surface area (Å²) in [5.74, 6) is -0.523. The molecular formula is C76H74F2N2Si4. The first-order chi connectivity index (χ1) is 40.1. The van der Waals surface area contributed by atoms with Gasteiger partial charge in [-0.25, -0.2) is 8.78 Å². The Morgan fingerprint density at radius 2 is 0.524 bits per heavy atom. The first-order valence-electron chi connectivity index (χ1n) is 29.6. The molecule has 0 unspecified atom stereocenters. The molecule has 0 amide bonds. The van der Waals surface area contributed by atoms with E-state index in [-0.39, 0.29) is 11.6 Å². The minimum atomic E-state index is -2.01. The first kappa shape index (κ1) is 56.5. The summed E-state index contributed by atoms with van der Waals surface area (Å²) >= 11 is 0. The highest BCUT2D eigenvalue weighted by Gasteiger charge is 2.33. The number of rotatable bonds is 14. The van der Waals surface area contributed by atoms with E-state index < -0.39 is 32.3 Å². The molecule has 84 heavy (non-hydrogen) atoms. The van der Waals surface area contributed by atoms with E-state index in [1.807, 2.05) is 48.5 Å². The van der Waals surface area contributed by atoms with Gasteiger partial charge in [-0.1, -0.05) is 281 Å². The Balaban J connectivity index is 1.12.